The van der Waals surface area contributed by atoms with Gasteiger partial charge in [-0.1, -0.05) is 6.07 Å². The predicted octanol–water partition coefficient (Wildman–Crippen LogP) is 1.50. The van der Waals surface area contributed by atoms with E-state index in [-0.39, 0.29) is 11.8 Å². The minimum absolute atomic E-state index is 0.184. The number of piperidine rings is 1. The number of likely N-dealkylation sites (tertiary alicyclic amines) is 1. The van der Waals surface area contributed by atoms with Crippen LogP contribution in [0, 0.1) is 5.92 Å². The van der Waals surface area contributed by atoms with Crippen LogP contribution in [0.25, 0.3) is 0 Å². The average Bonchev–Trinajstić information content (AvgIpc) is 2.55. The maximum absolute atomic E-state index is 11.6. The van der Waals surface area contributed by atoms with Crippen LogP contribution < -0.4 is 10.2 Å². The van der Waals surface area contributed by atoms with Crippen LogP contribution in [0.5, 0.6) is 0 Å². The van der Waals surface area contributed by atoms with Crippen molar-refractivity contribution < 1.29 is 4.79 Å². The van der Waals surface area contributed by atoms with Crippen molar-refractivity contribution in [2.45, 2.75) is 26.3 Å². The third-order valence-corrected chi connectivity index (χ3v) is 4.29. The van der Waals surface area contributed by atoms with E-state index in [2.05, 4.69) is 39.2 Å². The van der Waals surface area contributed by atoms with Crippen LogP contribution in [0.2, 0.25) is 0 Å². The van der Waals surface area contributed by atoms with Gasteiger partial charge in [0.1, 0.15) is 5.82 Å². The lowest BCUT2D eigenvalue weighted by Crippen LogP contribution is -2.39. The summed E-state index contributed by atoms with van der Waals surface area (Å²) in [6.07, 6.45) is 3.86. The second-order valence-corrected chi connectivity index (χ2v) is 5.70. The highest BCUT2D eigenvalue weighted by molar-refractivity contribution is 5.78. The van der Waals surface area contributed by atoms with Crippen molar-refractivity contribution in [3.8, 4) is 0 Å². The molecule has 1 saturated heterocycles. The van der Waals surface area contributed by atoms with E-state index in [1.54, 1.807) is 7.05 Å². The summed E-state index contributed by atoms with van der Waals surface area (Å²) in [5.74, 6) is 1.38. The Kier molecular flexibility index (Phi) is 5.56. The molecule has 0 atom stereocenters. The molecule has 1 aromatic rings. The van der Waals surface area contributed by atoms with Gasteiger partial charge in [-0.3, -0.25) is 9.69 Å². The summed E-state index contributed by atoms with van der Waals surface area (Å²) >= 11 is 0. The Hall–Kier alpha value is -1.62. The van der Waals surface area contributed by atoms with Crippen LogP contribution in [-0.2, 0) is 11.3 Å². The summed E-state index contributed by atoms with van der Waals surface area (Å²) in [5.41, 5.74) is 1.24. The SMILES string of the molecule is CCN(C)c1ccc(CN2CCC(C(=O)NC)CC2)cn1. The van der Waals surface area contributed by atoms with E-state index in [4.69, 9.17) is 0 Å². The fourth-order valence-corrected chi connectivity index (χ4v) is 2.71. The molecule has 0 aromatic carbocycles. The maximum Gasteiger partial charge on any atom is 0.222 e. The molecule has 1 N–H and O–H groups in total. The van der Waals surface area contributed by atoms with Gasteiger partial charge in [-0.15, -0.1) is 0 Å². The lowest BCUT2D eigenvalue weighted by Gasteiger charge is -2.31. The molecular formula is C16H26N4O. The molecule has 5 heteroatoms. The van der Waals surface area contributed by atoms with Gasteiger partial charge in [0.2, 0.25) is 5.91 Å². The first kappa shape index (κ1) is 15.8. The van der Waals surface area contributed by atoms with Crippen LogP contribution in [0.15, 0.2) is 18.3 Å². The summed E-state index contributed by atoms with van der Waals surface area (Å²) in [5, 5.41) is 2.75. The molecule has 0 saturated carbocycles. The molecule has 1 aliphatic rings. The Morgan fingerprint density at radius 1 is 1.43 bits per heavy atom. The summed E-state index contributed by atoms with van der Waals surface area (Å²) in [6, 6.07) is 4.23. The zero-order chi connectivity index (χ0) is 15.2. The third kappa shape index (κ3) is 4.17. The molecule has 2 heterocycles. The summed E-state index contributed by atoms with van der Waals surface area (Å²) in [7, 11) is 3.76. The molecule has 21 heavy (non-hydrogen) atoms. The highest BCUT2D eigenvalue weighted by Crippen LogP contribution is 2.19. The van der Waals surface area contributed by atoms with Gasteiger partial charge >= 0.3 is 0 Å². The molecule has 1 aromatic heterocycles. The first-order valence-corrected chi connectivity index (χ1v) is 7.74. The maximum atomic E-state index is 11.6. The number of hydrogen-bond donors (Lipinski definition) is 1. The van der Waals surface area contributed by atoms with E-state index >= 15 is 0 Å². The average molecular weight is 290 g/mol. The third-order valence-electron chi connectivity index (χ3n) is 4.29. The van der Waals surface area contributed by atoms with Crippen molar-refractivity contribution in [1.82, 2.24) is 15.2 Å². The Morgan fingerprint density at radius 2 is 2.14 bits per heavy atom. The molecule has 1 aliphatic heterocycles. The summed E-state index contributed by atoms with van der Waals surface area (Å²) in [6.45, 7) is 5.96. The second-order valence-electron chi connectivity index (χ2n) is 5.70. The first-order chi connectivity index (χ1) is 10.1. The van der Waals surface area contributed by atoms with Crippen molar-refractivity contribution in [3.05, 3.63) is 23.9 Å². The number of carbonyl (C=O) groups is 1. The molecular weight excluding hydrogens is 264 g/mol. The van der Waals surface area contributed by atoms with Crippen LogP contribution in [0.4, 0.5) is 5.82 Å². The van der Waals surface area contributed by atoms with E-state index < -0.39 is 0 Å². The number of aromatic nitrogens is 1. The zero-order valence-corrected chi connectivity index (χ0v) is 13.3. The number of anilines is 1. The molecule has 2 rings (SSSR count). The molecule has 116 valence electrons. The number of carbonyl (C=O) groups excluding carboxylic acids is 1. The van der Waals surface area contributed by atoms with E-state index in [0.29, 0.717) is 0 Å². The lowest BCUT2D eigenvalue weighted by molar-refractivity contribution is -0.125. The van der Waals surface area contributed by atoms with E-state index in [1.165, 1.54) is 5.56 Å². The first-order valence-electron chi connectivity index (χ1n) is 7.74. The topological polar surface area (TPSA) is 48.5 Å². The Morgan fingerprint density at radius 3 is 2.67 bits per heavy atom. The van der Waals surface area contributed by atoms with Crippen LogP contribution in [-0.4, -0.2) is 49.5 Å². The summed E-state index contributed by atoms with van der Waals surface area (Å²) in [4.78, 5) is 20.6. The number of nitrogens with one attached hydrogen (secondary N) is 1. The molecule has 0 spiro atoms. The minimum atomic E-state index is 0.184. The number of nitrogens with zero attached hydrogens (tertiary/aromatic N) is 3. The fraction of sp³-hybridized carbons (Fsp3) is 0.625. The van der Waals surface area contributed by atoms with Crippen LogP contribution >= 0.6 is 0 Å². The van der Waals surface area contributed by atoms with Crippen molar-refractivity contribution >= 4 is 11.7 Å². The Balaban J connectivity index is 1.85. The standard InChI is InChI=1S/C16H26N4O/c1-4-19(3)15-6-5-13(11-18-15)12-20-9-7-14(8-10-20)16(21)17-2/h5-6,11,14H,4,7-10,12H2,1-3H3,(H,17,21). The molecule has 0 aliphatic carbocycles. The Labute approximate surface area is 127 Å². The lowest BCUT2D eigenvalue weighted by atomic mass is 9.96. The molecule has 5 nitrogen and oxygen atoms in total. The normalized spacial score (nSPS) is 16.7. The fourth-order valence-electron chi connectivity index (χ4n) is 2.71. The molecule has 0 unspecified atom stereocenters. The van der Waals surface area contributed by atoms with E-state index in [0.717, 1.165) is 44.8 Å². The monoisotopic (exact) mass is 290 g/mol. The van der Waals surface area contributed by atoms with Gasteiger partial charge in [0.15, 0.2) is 0 Å². The summed E-state index contributed by atoms with van der Waals surface area (Å²) < 4.78 is 0. The Bertz CT molecular complexity index is 452. The van der Waals surface area contributed by atoms with Gasteiger partial charge in [0.05, 0.1) is 0 Å². The van der Waals surface area contributed by atoms with Crippen LogP contribution in [0.3, 0.4) is 0 Å². The smallest absolute Gasteiger partial charge is 0.222 e. The number of pyridine rings is 1. The highest BCUT2D eigenvalue weighted by Gasteiger charge is 2.24. The van der Waals surface area contributed by atoms with E-state index in [9.17, 15) is 4.79 Å². The number of hydrogen-bond acceptors (Lipinski definition) is 4. The van der Waals surface area contributed by atoms with Crippen molar-refractivity contribution in [3.63, 3.8) is 0 Å². The van der Waals surface area contributed by atoms with Gasteiger partial charge in [0.25, 0.3) is 0 Å². The van der Waals surface area contributed by atoms with Crippen molar-refractivity contribution in [2.75, 3.05) is 38.6 Å². The van der Waals surface area contributed by atoms with Gasteiger partial charge in [0, 0.05) is 39.3 Å². The van der Waals surface area contributed by atoms with E-state index in [1.807, 2.05) is 13.2 Å². The molecule has 0 radical (unpaired) electrons. The second kappa shape index (κ2) is 7.41. The van der Waals surface area contributed by atoms with Gasteiger partial charge in [-0.25, -0.2) is 4.98 Å². The van der Waals surface area contributed by atoms with Crippen molar-refractivity contribution in [2.24, 2.45) is 5.92 Å². The van der Waals surface area contributed by atoms with Gasteiger partial charge < -0.3 is 10.2 Å². The molecule has 1 fully saturated rings. The van der Waals surface area contributed by atoms with Crippen LogP contribution in [0.1, 0.15) is 25.3 Å². The van der Waals surface area contributed by atoms with Crippen molar-refractivity contribution in [1.29, 1.82) is 0 Å². The number of rotatable bonds is 5. The quantitative estimate of drug-likeness (QED) is 0.893. The predicted molar refractivity (Wildman–Crippen MR) is 85.2 cm³/mol. The molecule has 1 amide bonds. The highest BCUT2D eigenvalue weighted by atomic mass is 16.1. The number of amides is 1. The molecule has 0 bridgehead atoms. The van der Waals surface area contributed by atoms with Gasteiger partial charge in [-0.05, 0) is 44.5 Å². The largest absolute Gasteiger partial charge is 0.360 e. The van der Waals surface area contributed by atoms with Gasteiger partial charge in [-0.2, -0.15) is 0 Å². The minimum Gasteiger partial charge on any atom is -0.360 e. The zero-order valence-electron chi connectivity index (χ0n) is 13.3.